The minimum Gasteiger partial charge on any atom is -0.496 e. The topological polar surface area (TPSA) is 46.5 Å². The van der Waals surface area contributed by atoms with E-state index in [1.807, 2.05) is 19.1 Å². The zero-order valence-electron chi connectivity index (χ0n) is 10.9. The normalized spacial score (nSPS) is 12.6. The van der Waals surface area contributed by atoms with E-state index in [9.17, 15) is 9.90 Å². The first-order valence-electron chi connectivity index (χ1n) is 5.89. The van der Waals surface area contributed by atoms with Crippen LogP contribution in [0, 0.1) is 5.92 Å². The lowest BCUT2D eigenvalue weighted by Gasteiger charge is -2.16. The number of methoxy groups -OCH3 is 1. The molecule has 0 amide bonds. The molecule has 0 aromatic heterocycles. The van der Waals surface area contributed by atoms with Crippen molar-refractivity contribution in [3.63, 3.8) is 0 Å². The third kappa shape index (κ3) is 3.07. The van der Waals surface area contributed by atoms with Gasteiger partial charge in [0.2, 0.25) is 0 Å². The Labute approximate surface area is 102 Å². The summed E-state index contributed by atoms with van der Waals surface area (Å²) in [5.41, 5.74) is 1.64. The van der Waals surface area contributed by atoms with Gasteiger partial charge in [0.1, 0.15) is 11.9 Å². The largest absolute Gasteiger partial charge is 0.496 e. The summed E-state index contributed by atoms with van der Waals surface area (Å²) in [6.45, 7) is 5.59. The summed E-state index contributed by atoms with van der Waals surface area (Å²) >= 11 is 0. The highest BCUT2D eigenvalue weighted by Crippen LogP contribution is 2.28. The molecule has 1 rings (SSSR count). The quantitative estimate of drug-likeness (QED) is 0.854. The minimum absolute atomic E-state index is 0.184. The van der Waals surface area contributed by atoms with Crippen molar-refractivity contribution >= 4 is 5.78 Å². The smallest absolute Gasteiger partial charge is 0.168 e. The van der Waals surface area contributed by atoms with Crippen LogP contribution >= 0.6 is 0 Å². The van der Waals surface area contributed by atoms with Crippen LogP contribution in [0.25, 0.3) is 0 Å². The van der Waals surface area contributed by atoms with Crippen LogP contribution in [-0.2, 0) is 11.2 Å². The van der Waals surface area contributed by atoms with Gasteiger partial charge >= 0.3 is 0 Å². The number of hydrogen-bond acceptors (Lipinski definition) is 3. The highest BCUT2D eigenvalue weighted by molar-refractivity contribution is 5.86. The predicted molar refractivity (Wildman–Crippen MR) is 67.2 cm³/mol. The molecule has 1 aromatic carbocycles. The number of rotatable bonds is 5. The average molecular weight is 236 g/mol. The van der Waals surface area contributed by atoms with Crippen molar-refractivity contribution in [3.05, 3.63) is 29.3 Å². The van der Waals surface area contributed by atoms with E-state index in [2.05, 4.69) is 0 Å². The fraction of sp³-hybridized carbons (Fsp3) is 0.500. The van der Waals surface area contributed by atoms with Crippen LogP contribution in [0.3, 0.4) is 0 Å². The molecule has 0 bridgehead atoms. The molecular weight excluding hydrogens is 216 g/mol. The van der Waals surface area contributed by atoms with Crippen molar-refractivity contribution in [2.24, 2.45) is 5.92 Å². The van der Waals surface area contributed by atoms with Crippen LogP contribution in [0.2, 0.25) is 0 Å². The fourth-order valence-electron chi connectivity index (χ4n) is 1.69. The summed E-state index contributed by atoms with van der Waals surface area (Å²) in [4.78, 5) is 11.8. The van der Waals surface area contributed by atoms with Gasteiger partial charge in [-0.05, 0) is 24.1 Å². The van der Waals surface area contributed by atoms with Gasteiger partial charge in [-0.15, -0.1) is 0 Å². The number of aliphatic hydroxyl groups is 1. The Hall–Kier alpha value is -1.35. The Morgan fingerprint density at radius 3 is 2.53 bits per heavy atom. The molecule has 1 atom stereocenters. The first-order chi connectivity index (χ1) is 8.01. The molecule has 17 heavy (non-hydrogen) atoms. The van der Waals surface area contributed by atoms with Crippen molar-refractivity contribution in [1.29, 1.82) is 0 Å². The molecule has 0 radical (unpaired) electrons. The Kier molecular flexibility index (Phi) is 4.70. The molecule has 0 aliphatic carbocycles. The van der Waals surface area contributed by atoms with Gasteiger partial charge in [0.15, 0.2) is 5.78 Å². The minimum atomic E-state index is -1.10. The molecule has 0 spiro atoms. The summed E-state index contributed by atoms with van der Waals surface area (Å²) in [6, 6.07) is 5.57. The van der Waals surface area contributed by atoms with Gasteiger partial charge in [0.05, 0.1) is 7.11 Å². The fourth-order valence-corrected chi connectivity index (χ4v) is 1.69. The number of aliphatic hydroxyl groups excluding tert-OH is 1. The van der Waals surface area contributed by atoms with Crippen LogP contribution < -0.4 is 4.74 Å². The standard InChI is InChI=1S/C14H20O3/c1-5-10-6-7-12(17-4)11(8-10)14(16)13(15)9(2)3/h6-9,14,16H,5H2,1-4H3. The van der Waals surface area contributed by atoms with Gasteiger partial charge in [0.25, 0.3) is 0 Å². The van der Waals surface area contributed by atoms with Crippen LogP contribution in [0.5, 0.6) is 5.75 Å². The van der Waals surface area contributed by atoms with E-state index in [-0.39, 0.29) is 11.7 Å². The maximum Gasteiger partial charge on any atom is 0.168 e. The predicted octanol–water partition coefficient (Wildman–Crippen LogP) is 2.52. The number of ketones is 1. The van der Waals surface area contributed by atoms with Crippen molar-refractivity contribution < 1.29 is 14.6 Å². The molecule has 0 aliphatic heterocycles. The SMILES string of the molecule is CCc1ccc(OC)c(C(O)C(=O)C(C)C)c1. The van der Waals surface area contributed by atoms with Gasteiger partial charge in [-0.2, -0.15) is 0 Å². The molecule has 3 heteroatoms. The summed E-state index contributed by atoms with van der Waals surface area (Å²) in [6.07, 6.45) is -0.240. The van der Waals surface area contributed by atoms with Gasteiger partial charge in [0, 0.05) is 11.5 Å². The Balaban J connectivity index is 3.13. The van der Waals surface area contributed by atoms with E-state index in [0.29, 0.717) is 11.3 Å². The number of ether oxygens (including phenoxy) is 1. The number of carbonyl (C=O) groups is 1. The third-order valence-electron chi connectivity index (χ3n) is 2.84. The van der Waals surface area contributed by atoms with Gasteiger partial charge in [-0.3, -0.25) is 4.79 Å². The molecule has 1 aromatic rings. The molecular formula is C14H20O3. The lowest BCUT2D eigenvalue weighted by Crippen LogP contribution is -2.18. The van der Waals surface area contributed by atoms with Crippen molar-refractivity contribution in [2.45, 2.75) is 33.3 Å². The zero-order valence-corrected chi connectivity index (χ0v) is 10.9. The van der Waals surface area contributed by atoms with Crippen LogP contribution in [0.15, 0.2) is 18.2 Å². The molecule has 94 valence electrons. The molecule has 0 heterocycles. The summed E-state index contributed by atoms with van der Waals surface area (Å²) in [7, 11) is 1.54. The second-order valence-corrected chi connectivity index (χ2v) is 4.39. The molecule has 0 saturated carbocycles. The first kappa shape index (κ1) is 13.7. The van der Waals surface area contributed by atoms with Crippen LogP contribution in [0.1, 0.15) is 38.0 Å². The highest BCUT2D eigenvalue weighted by Gasteiger charge is 2.23. The molecule has 1 N–H and O–H groups in total. The van der Waals surface area contributed by atoms with E-state index in [1.165, 1.54) is 7.11 Å². The summed E-state index contributed by atoms with van der Waals surface area (Å²) in [5, 5.41) is 10.1. The first-order valence-corrected chi connectivity index (χ1v) is 5.89. The maximum absolute atomic E-state index is 11.8. The van der Waals surface area contributed by atoms with E-state index in [1.54, 1.807) is 19.9 Å². The van der Waals surface area contributed by atoms with Crippen molar-refractivity contribution in [2.75, 3.05) is 7.11 Å². The maximum atomic E-state index is 11.8. The Bertz CT molecular complexity index is 396. The van der Waals surface area contributed by atoms with Crippen LogP contribution in [-0.4, -0.2) is 18.0 Å². The summed E-state index contributed by atoms with van der Waals surface area (Å²) < 4.78 is 5.18. The second-order valence-electron chi connectivity index (χ2n) is 4.39. The number of aryl methyl sites for hydroxylation is 1. The molecule has 0 saturated heterocycles. The van der Waals surface area contributed by atoms with E-state index in [4.69, 9.17) is 4.74 Å². The number of Topliss-reactive ketones (excluding diaryl/α,β-unsaturated/α-hetero) is 1. The zero-order chi connectivity index (χ0) is 13.0. The Morgan fingerprint density at radius 2 is 2.06 bits per heavy atom. The number of hydrogen-bond donors (Lipinski definition) is 1. The van der Waals surface area contributed by atoms with Gasteiger partial charge in [-0.1, -0.05) is 26.8 Å². The Morgan fingerprint density at radius 1 is 1.41 bits per heavy atom. The molecule has 3 nitrogen and oxygen atoms in total. The lowest BCUT2D eigenvalue weighted by molar-refractivity contribution is -0.130. The number of carbonyl (C=O) groups excluding carboxylic acids is 1. The van der Waals surface area contributed by atoms with E-state index >= 15 is 0 Å². The van der Waals surface area contributed by atoms with Crippen molar-refractivity contribution in [3.8, 4) is 5.75 Å². The second kappa shape index (κ2) is 5.82. The van der Waals surface area contributed by atoms with Gasteiger partial charge < -0.3 is 9.84 Å². The van der Waals surface area contributed by atoms with Crippen molar-refractivity contribution in [1.82, 2.24) is 0 Å². The summed E-state index contributed by atoms with van der Waals surface area (Å²) in [5.74, 6) is 0.181. The molecule has 0 fully saturated rings. The van der Waals surface area contributed by atoms with E-state index < -0.39 is 6.10 Å². The lowest BCUT2D eigenvalue weighted by atomic mass is 9.95. The number of benzene rings is 1. The van der Waals surface area contributed by atoms with E-state index in [0.717, 1.165) is 12.0 Å². The highest BCUT2D eigenvalue weighted by atomic mass is 16.5. The van der Waals surface area contributed by atoms with Crippen LogP contribution in [0.4, 0.5) is 0 Å². The molecule has 0 aliphatic rings. The van der Waals surface area contributed by atoms with Gasteiger partial charge in [-0.25, -0.2) is 0 Å². The molecule has 1 unspecified atom stereocenters. The third-order valence-corrected chi connectivity index (χ3v) is 2.84. The monoisotopic (exact) mass is 236 g/mol. The average Bonchev–Trinajstić information content (AvgIpc) is 2.35.